The monoisotopic (exact) mass is 451 g/mol. The summed E-state index contributed by atoms with van der Waals surface area (Å²) >= 11 is 3.45. The summed E-state index contributed by atoms with van der Waals surface area (Å²) in [5.41, 5.74) is -0.636. The van der Waals surface area contributed by atoms with Crippen LogP contribution in [0.3, 0.4) is 0 Å². The van der Waals surface area contributed by atoms with Gasteiger partial charge in [-0.05, 0) is 35.7 Å². The van der Waals surface area contributed by atoms with Crippen LogP contribution < -0.4 is 4.74 Å². The van der Waals surface area contributed by atoms with Crippen molar-refractivity contribution >= 4 is 21.9 Å². The Hall–Kier alpha value is -2.70. The van der Waals surface area contributed by atoms with Crippen LogP contribution in [-0.4, -0.2) is 21.2 Å². The topological polar surface area (TPSA) is 79.7 Å². The maximum atomic E-state index is 12.3. The molecule has 2 heterocycles. The van der Waals surface area contributed by atoms with E-state index in [1.54, 1.807) is 18.5 Å². The molecule has 1 aliphatic carbocycles. The van der Waals surface area contributed by atoms with Crippen LogP contribution in [0.2, 0.25) is 0 Å². The molecule has 0 spiro atoms. The molecule has 1 saturated carbocycles. The number of pyridine rings is 1. The van der Waals surface area contributed by atoms with Gasteiger partial charge < -0.3 is 14.9 Å². The number of carboxylic acid groups (broad SMARTS) is 1. The molecule has 0 saturated heterocycles. The summed E-state index contributed by atoms with van der Waals surface area (Å²) in [5, 5.41) is 22.2. The Morgan fingerprint density at radius 2 is 1.83 bits per heavy atom. The first-order chi connectivity index (χ1) is 14.0. The maximum Gasteiger partial charge on any atom is 0.307 e. The molecule has 2 aromatic carbocycles. The van der Waals surface area contributed by atoms with Crippen molar-refractivity contribution < 1.29 is 19.7 Å². The van der Waals surface area contributed by atoms with Gasteiger partial charge in [-0.2, -0.15) is 0 Å². The lowest BCUT2D eigenvalue weighted by Crippen LogP contribution is -2.48. The second kappa shape index (κ2) is 6.40. The predicted molar refractivity (Wildman–Crippen MR) is 110 cm³/mol. The smallest absolute Gasteiger partial charge is 0.307 e. The van der Waals surface area contributed by atoms with E-state index in [0.717, 1.165) is 15.6 Å². The molecule has 29 heavy (non-hydrogen) atoms. The Bertz CT molecular complexity index is 1090. The first kappa shape index (κ1) is 18.3. The Morgan fingerprint density at radius 1 is 1.10 bits per heavy atom. The number of carboxylic acids is 1. The number of carbonyl (C=O) groups is 1. The van der Waals surface area contributed by atoms with E-state index in [1.807, 2.05) is 54.6 Å². The Kier molecular flexibility index (Phi) is 4.05. The molecule has 3 aromatic rings. The summed E-state index contributed by atoms with van der Waals surface area (Å²) in [5.74, 6) is -1.85. The summed E-state index contributed by atoms with van der Waals surface area (Å²) in [4.78, 5) is 16.5. The zero-order valence-corrected chi connectivity index (χ0v) is 16.9. The van der Waals surface area contributed by atoms with Crippen LogP contribution in [-0.2, 0) is 16.0 Å². The van der Waals surface area contributed by atoms with E-state index >= 15 is 0 Å². The van der Waals surface area contributed by atoms with E-state index in [9.17, 15) is 15.0 Å². The lowest BCUT2D eigenvalue weighted by atomic mass is 9.71. The molecule has 0 bridgehead atoms. The number of hydrogen-bond donors (Lipinski definition) is 2. The zero-order chi connectivity index (χ0) is 20.2. The van der Waals surface area contributed by atoms with Crippen molar-refractivity contribution in [2.45, 2.75) is 23.5 Å². The molecule has 1 fully saturated rings. The van der Waals surface area contributed by atoms with Gasteiger partial charge in [-0.3, -0.25) is 9.78 Å². The number of aromatic nitrogens is 1. The Labute approximate surface area is 176 Å². The molecule has 2 aliphatic rings. The molecule has 146 valence electrons. The van der Waals surface area contributed by atoms with Gasteiger partial charge in [-0.25, -0.2) is 0 Å². The van der Waals surface area contributed by atoms with Crippen molar-refractivity contribution in [3.63, 3.8) is 0 Å². The second-order valence-corrected chi connectivity index (χ2v) is 8.53. The van der Waals surface area contributed by atoms with Gasteiger partial charge in [0.15, 0.2) is 5.60 Å². The number of hydrogen-bond acceptors (Lipinski definition) is 4. The highest BCUT2D eigenvalue weighted by Crippen LogP contribution is 2.68. The van der Waals surface area contributed by atoms with E-state index in [0.29, 0.717) is 11.3 Å². The van der Waals surface area contributed by atoms with Gasteiger partial charge >= 0.3 is 5.97 Å². The van der Waals surface area contributed by atoms with Gasteiger partial charge in [0.2, 0.25) is 0 Å². The van der Waals surface area contributed by atoms with E-state index in [-0.39, 0.29) is 6.42 Å². The van der Waals surface area contributed by atoms with Crippen LogP contribution >= 0.6 is 15.9 Å². The average molecular weight is 452 g/mol. The van der Waals surface area contributed by atoms with E-state index in [2.05, 4.69) is 20.9 Å². The molecule has 0 radical (unpaired) electrons. The maximum absolute atomic E-state index is 12.3. The number of rotatable bonds is 3. The van der Waals surface area contributed by atoms with Gasteiger partial charge in [0.1, 0.15) is 11.4 Å². The third-order valence-corrected chi connectivity index (χ3v) is 6.75. The van der Waals surface area contributed by atoms with Gasteiger partial charge in [-0.1, -0.05) is 58.4 Å². The fourth-order valence-corrected chi connectivity index (χ4v) is 5.36. The van der Waals surface area contributed by atoms with Crippen LogP contribution in [0.15, 0.2) is 77.5 Å². The molecule has 5 rings (SSSR count). The predicted octanol–water partition coefficient (Wildman–Crippen LogP) is 4.21. The standard InChI is InChI=1S/C23H18BrNO4/c24-16-8-6-15(7-9-16)23-20(14-4-2-1-3-5-14)17(21(26)27)12-22(23,28)18-10-11-25-13-19(18)29-23/h1-11,13,17,20,28H,12H2,(H,26,27)/t17-,20+,22+,23-/m0/s1. The van der Waals surface area contributed by atoms with Crippen LogP contribution in [0.4, 0.5) is 0 Å². The first-order valence-corrected chi connectivity index (χ1v) is 10.2. The van der Waals surface area contributed by atoms with Crippen LogP contribution in [0.25, 0.3) is 0 Å². The molecule has 2 N–H and O–H groups in total. The molecular weight excluding hydrogens is 434 g/mol. The molecule has 0 unspecified atom stereocenters. The van der Waals surface area contributed by atoms with Crippen molar-refractivity contribution in [1.82, 2.24) is 4.98 Å². The van der Waals surface area contributed by atoms with Crippen molar-refractivity contribution in [3.8, 4) is 5.75 Å². The fraction of sp³-hybridized carbons (Fsp3) is 0.217. The van der Waals surface area contributed by atoms with Crippen LogP contribution in [0.5, 0.6) is 5.75 Å². The van der Waals surface area contributed by atoms with Crippen LogP contribution in [0.1, 0.15) is 29.0 Å². The second-order valence-electron chi connectivity index (χ2n) is 7.61. The average Bonchev–Trinajstić information content (AvgIpc) is 3.14. The number of halogens is 1. The van der Waals surface area contributed by atoms with Crippen molar-refractivity contribution in [2.75, 3.05) is 0 Å². The van der Waals surface area contributed by atoms with Crippen LogP contribution in [0, 0.1) is 5.92 Å². The molecule has 4 atom stereocenters. The third-order valence-electron chi connectivity index (χ3n) is 6.22. The number of aliphatic carboxylic acids is 1. The fourth-order valence-electron chi connectivity index (χ4n) is 5.09. The molecule has 6 heteroatoms. The van der Waals surface area contributed by atoms with Crippen molar-refractivity contribution in [3.05, 3.63) is 94.2 Å². The number of nitrogens with zero attached hydrogens (tertiary/aromatic N) is 1. The van der Waals surface area contributed by atoms with E-state index < -0.39 is 29.0 Å². The van der Waals surface area contributed by atoms with Gasteiger partial charge in [0.05, 0.1) is 12.1 Å². The molecular formula is C23H18BrNO4. The lowest BCUT2D eigenvalue weighted by Gasteiger charge is -2.40. The number of fused-ring (bicyclic) bond motifs is 3. The Balaban J connectivity index is 1.83. The highest BCUT2D eigenvalue weighted by Gasteiger charge is 2.72. The summed E-state index contributed by atoms with van der Waals surface area (Å²) in [6, 6.07) is 18.7. The summed E-state index contributed by atoms with van der Waals surface area (Å²) in [7, 11) is 0. The van der Waals surface area contributed by atoms with Crippen molar-refractivity contribution in [1.29, 1.82) is 0 Å². The first-order valence-electron chi connectivity index (χ1n) is 9.37. The SMILES string of the molecule is O=C(O)[C@H]1C[C@@]2(O)c3ccncc3O[C@@]2(c2ccc(Br)cc2)[C@@H]1c1ccccc1. The summed E-state index contributed by atoms with van der Waals surface area (Å²) in [6.07, 6.45) is 3.24. The normalized spacial score (nSPS) is 29.7. The minimum atomic E-state index is -1.50. The van der Waals surface area contributed by atoms with E-state index in [4.69, 9.17) is 4.74 Å². The third kappa shape index (κ3) is 2.42. The van der Waals surface area contributed by atoms with Gasteiger partial charge in [0, 0.05) is 22.2 Å². The molecule has 1 aromatic heterocycles. The quantitative estimate of drug-likeness (QED) is 0.623. The number of aliphatic hydroxyl groups is 1. The number of benzene rings is 2. The van der Waals surface area contributed by atoms with E-state index in [1.165, 1.54) is 0 Å². The number of ether oxygens (including phenoxy) is 1. The largest absolute Gasteiger partial charge is 0.481 e. The van der Waals surface area contributed by atoms with Crippen molar-refractivity contribution in [2.24, 2.45) is 5.92 Å². The zero-order valence-electron chi connectivity index (χ0n) is 15.3. The lowest BCUT2D eigenvalue weighted by molar-refractivity contribution is -0.142. The molecule has 1 aliphatic heterocycles. The van der Waals surface area contributed by atoms with Gasteiger partial charge in [-0.15, -0.1) is 0 Å². The molecule has 5 nitrogen and oxygen atoms in total. The molecule has 0 amide bonds. The summed E-state index contributed by atoms with van der Waals surface area (Å²) < 4.78 is 7.39. The highest BCUT2D eigenvalue weighted by atomic mass is 79.9. The minimum absolute atomic E-state index is 0.0506. The van der Waals surface area contributed by atoms with Gasteiger partial charge in [0.25, 0.3) is 0 Å². The minimum Gasteiger partial charge on any atom is -0.481 e. The Morgan fingerprint density at radius 3 is 2.52 bits per heavy atom. The summed E-state index contributed by atoms with van der Waals surface area (Å²) in [6.45, 7) is 0. The highest BCUT2D eigenvalue weighted by molar-refractivity contribution is 9.10.